The van der Waals surface area contributed by atoms with Crippen LogP contribution in [0.1, 0.15) is 5.69 Å². The number of nitrogens with zero attached hydrogens (tertiary/aromatic N) is 1. The zero-order valence-corrected chi connectivity index (χ0v) is 11.4. The van der Waals surface area contributed by atoms with Crippen molar-refractivity contribution in [3.63, 3.8) is 0 Å². The Morgan fingerprint density at radius 3 is 2.56 bits per heavy atom. The van der Waals surface area contributed by atoms with E-state index in [1.807, 2.05) is 0 Å². The molecule has 0 amide bonds. The molecule has 2 rings (SSSR count). The van der Waals surface area contributed by atoms with Gasteiger partial charge in [0.1, 0.15) is 11.4 Å². The SMILES string of the molecule is O.O=S(=O)(O)Cc1noc2ccccc12.[Na]. The molecule has 1 heterocycles. The number of benzene rings is 1. The van der Waals surface area contributed by atoms with Gasteiger partial charge in [0.25, 0.3) is 10.1 Å². The van der Waals surface area contributed by atoms with Crippen LogP contribution in [0.2, 0.25) is 0 Å². The summed E-state index contributed by atoms with van der Waals surface area (Å²) in [7, 11) is -4.06. The van der Waals surface area contributed by atoms with Crippen LogP contribution in [-0.4, -0.2) is 53.2 Å². The number of rotatable bonds is 2. The zero-order chi connectivity index (χ0) is 10.2. The van der Waals surface area contributed by atoms with E-state index in [0.717, 1.165) is 0 Å². The number of para-hydroxylation sites is 1. The summed E-state index contributed by atoms with van der Waals surface area (Å²) in [4.78, 5) is 0. The van der Waals surface area contributed by atoms with Gasteiger partial charge in [0, 0.05) is 34.9 Å². The van der Waals surface area contributed by atoms with Gasteiger partial charge in [-0.15, -0.1) is 0 Å². The van der Waals surface area contributed by atoms with Crippen LogP contribution >= 0.6 is 0 Å². The van der Waals surface area contributed by atoms with Crippen LogP contribution in [0.25, 0.3) is 11.0 Å². The van der Waals surface area contributed by atoms with E-state index in [9.17, 15) is 8.42 Å². The monoisotopic (exact) mass is 254 g/mol. The minimum atomic E-state index is -4.06. The molecule has 6 nitrogen and oxygen atoms in total. The number of hydrogen-bond acceptors (Lipinski definition) is 4. The summed E-state index contributed by atoms with van der Waals surface area (Å²) in [5.74, 6) is -0.524. The topological polar surface area (TPSA) is 112 Å². The quantitative estimate of drug-likeness (QED) is 0.599. The van der Waals surface area contributed by atoms with E-state index >= 15 is 0 Å². The summed E-state index contributed by atoms with van der Waals surface area (Å²) >= 11 is 0. The van der Waals surface area contributed by atoms with Gasteiger partial charge in [-0.1, -0.05) is 17.3 Å². The maximum Gasteiger partial charge on any atom is 0.270 e. The Balaban J connectivity index is 0.00000112. The van der Waals surface area contributed by atoms with Gasteiger partial charge in [-0.3, -0.25) is 4.55 Å². The van der Waals surface area contributed by atoms with E-state index in [2.05, 4.69) is 5.16 Å². The third kappa shape index (κ3) is 3.55. The van der Waals surface area contributed by atoms with Gasteiger partial charge in [-0.05, 0) is 12.1 Å². The van der Waals surface area contributed by atoms with Gasteiger partial charge in [0.2, 0.25) is 0 Å². The van der Waals surface area contributed by atoms with E-state index in [4.69, 9.17) is 9.08 Å². The molecule has 3 N–H and O–H groups in total. The molecule has 0 aliphatic carbocycles. The fourth-order valence-corrected chi connectivity index (χ4v) is 1.77. The summed E-state index contributed by atoms with van der Waals surface area (Å²) in [5, 5.41) is 4.17. The van der Waals surface area contributed by atoms with Crippen molar-refractivity contribution in [3.05, 3.63) is 30.0 Å². The predicted octanol–water partition coefficient (Wildman–Crippen LogP) is 0.0101. The van der Waals surface area contributed by atoms with E-state index in [-0.39, 0.29) is 40.7 Å². The fourth-order valence-electron chi connectivity index (χ4n) is 1.21. The van der Waals surface area contributed by atoms with Crippen LogP contribution < -0.4 is 0 Å². The minimum absolute atomic E-state index is 0. The van der Waals surface area contributed by atoms with Crippen molar-refractivity contribution >= 4 is 50.6 Å². The van der Waals surface area contributed by atoms with Crippen molar-refractivity contribution in [2.45, 2.75) is 5.75 Å². The van der Waals surface area contributed by atoms with Crippen molar-refractivity contribution in [2.75, 3.05) is 0 Å². The van der Waals surface area contributed by atoms with Crippen molar-refractivity contribution in [1.82, 2.24) is 5.16 Å². The van der Waals surface area contributed by atoms with Gasteiger partial charge in [0.15, 0.2) is 5.58 Å². The Morgan fingerprint density at radius 2 is 1.94 bits per heavy atom. The molecule has 0 bridgehead atoms. The molecule has 83 valence electrons. The molecule has 2 aromatic rings. The summed E-state index contributed by atoms with van der Waals surface area (Å²) in [6.07, 6.45) is 0. The van der Waals surface area contributed by atoms with E-state index in [1.165, 1.54) is 0 Å². The Labute approximate surface area is 114 Å². The maximum absolute atomic E-state index is 10.6. The van der Waals surface area contributed by atoms with Crippen molar-refractivity contribution in [2.24, 2.45) is 0 Å². The summed E-state index contributed by atoms with van der Waals surface area (Å²) in [6, 6.07) is 6.86. The first kappa shape index (κ1) is 15.6. The molecule has 1 radical (unpaired) electrons. The molecule has 0 fully saturated rings. The van der Waals surface area contributed by atoms with Crippen LogP contribution in [-0.2, 0) is 15.9 Å². The number of fused-ring (bicyclic) bond motifs is 1. The van der Waals surface area contributed by atoms with E-state index in [1.54, 1.807) is 24.3 Å². The summed E-state index contributed by atoms with van der Waals surface area (Å²) in [5.41, 5.74) is 0.731. The Hall–Kier alpha value is -0.440. The van der Waals surface area contributed by atoms with E-state index < -0.39 is 15.9 Å². The molecule has 0 aliphatic heterocycles. The molecular formula is C8H9NNaO5S. The zero-order valence-electron chi connectivity index (χ0n) is 8.54. The average molecular weight is 254 g/mol. The second-order valence-electron chi connectivity index (χ2n) is 2.85. The third-order valence-electron chi connectivity index (χ3n) is 1.77. The van der Waals surface area contributed by atoms with Gasteiger partial charge < -0.3 is 10.00 Å². The molecule has 0 spiro atoms. The van der Waals surface area contributed by atoms with Gasteiger partial charge in [-0.2, -0.15) is 8.42 Å². The normalized spacial score (nSPS) is 10.6. The van der Waals surface area contributed by atoms with Crippen molar-refractivity contribution < 1.29 is 23.0 Å². The molecular weight excluding hydrogens is 245 g/mol. The smallest absolute Gasteiger partial charge is 0.270 e. The Kier molecular flexibility index (Phi) is 5.60. The van der Waals surface area contributed by atoms with E-state index in [0.29, 0.717) is 11.0 Å². The van der Waals surface area contributed by atoms with Crippen molar-refractivity contribution in [3.8, 4) is 0 Å². The number of aromatic nitrogens is 1. The van der Waals surface area contributed by atoms with Crippen LogP contribution in [0.15, 0.2) is 28.8 Å². The molecule has 0 unspecified atom stereocenters. The molecule has 8 heteroatoms. The maximum atomic E-state index is 10.6. The van der Waals surface area contributed by atoms with Gasteiger partial charge in [-0.25, -0.2) is 0 Å². The molecule has 0 aliphatic rings. The summed E-state index contributed by atoms with van der Waals surface area (Å²) in [6.45, 7) is 0. The molecule has 1 aromatic heterocycles. The molecule has 0 atom stereocenters. The first-order valence-corrected chi connectivity index (χ1v) is 5.45. The molecule has 0 saturated carbocycles. The largest absolute Gasteiger partial charge is 0.412 e. The van der Waals surface area contributed by atoms with Gasteiger partial charge >= 0.3 is 0 Å². The average Bonchev–Trinajstić information content (AvgIpc) is 2.47. The molecule has 1 aromatic carbocycles. The third-order valence-corrected chi connectivity index (χ3v) is 2.41. The molecule has 16 heavy (non-hydrogen) atoms. The van der Waals surface area contributed by atoms with Crippen LogP contribution in [0, 0.1) is 0 Å². The Bertz CT molecular complexity index is 565. The van der Waals surface area contributed by atoms with Crippen molar-refractivity contribution in [1.29, 1.82) is 0 Å². The predicted molar refractivity (Wildman–Crippen MR) is 58.6 cm³/mol. The standard InChI is InChI=1S/C8H7NO4S.Na.H2O/c10-14(11,12)5-7-6-3-1-2-4-8(6)13-9-7;;/h1-4H,5H2,(H,10,11,12);;1H2. The first-order valence-electron chi connectivity index (χ1n) is 3.85. The van der Waals surface area contributed by atoms with Gasteiger partial charge in [0.05, 0.1) is 0 Å². The summed E-state index contributed by atoms with van der Waals surface area (Å²) < 4.78 is 34.7. The Morgan fingerprint density at radius 1 is 1.31 bits per heavy atom. The second kappa shape index (κ2) is 5.76. The fraction of sp³-hybridized carbons (Fsp3) is 0.125. The molecule has 0 saturated heterocycles. The minimum Gasteiger partial charge on any atom is -0.412 e. The van der Waals surface area contributed by atoms with Crippen LogP contribution in [0.3, 0.4) is 0 Å². The van der Waals surface area contributed by atoms with Crippen LogP contribution in [0.4, 0.5) is 0 Å². The first-order chi connectivity index (χ1) is 6.56. The van der Waals surface area contributed by atoms with Crippen LogP contribution in [0.5, 0.6) is 0 Å². The number of hydrogen-bond donors (Lipinski definition) is 1. The second-order valence-corrected chi connectivity index (χ2v) is 4.30.